The van der Waals surface area contributed by atoms with Crippen LogP contribution in [-0.4, -0.2) is 6.08 Å². The van der Waals surface area contributed by atoms with Crippen molar-refractivity contribution in [2.24, 2.45) is 4.99 Å². The Kier molecular flexibility index (Phi) is 3.65. The summed E-state index contributed by atoms with van der Waals surface area (Å²) in [6.45, 7) is 5.79. The minimum absolute atomic E-state index is 0.785. The van der Waals surface area contributed by atoms with Crippen LogP contribution in [0.3, 0.4) is 0 Å². The monoisotopic (exact) mass is 125 g/mol. The number of allylic oxidation sites excluding steroid dienone is 2. The number of isocyanates is 1. The number of aliphatic imine (C=N–C) groups is 1. The largest absolute Gasteiger partial charge is 0.240 e. The van der Waals surface area contributed by atoms with Crippen LogP contribution in [0.5, 0.6) is 0 Å². The van der Waals surface area contributed by atoms with Crippen LogP contribution in [0, 0.1) is 0 Å². The Bertz CT molecular complexity index is 164. The molecule has 0 N–H and O–H groups in total. The van der Waals surface area contributed by atoms with Crippen LogP contribution < -0.4 is 0 Å². The predicted molar refractivity (Wildman–Crippen MR) is 36.8 cm³/mol. The van der Waals surface area contributed by atoms with Gasteiger partial charge in [-0.3, -0.25) is 0 Å². The molecular formula is C7H11NO. The molecule has 0 spiro atoms. The Morgan fingerprint density at radius 1 is 1.56 bits per heavy atom. The van der Waals surface area contributed by atoms with E-state index in [0.29, 0.717) is 0 Å². The summed E-state index contributed by atoms with van der Waals surface area (Å²) < 4.78 is 0. The molecule has 0 saturated heterocycles. The van der Waals surface area contributed by atoms with E-state index in [0.717, 1.165) is 17.7 Å². The first-order valence-electron chi connectivity index (χ1n) is 2.96. The standard InChI is InChI=1S/C7H11NO/c1-4-6(2)7(3)8-5-9/h4H2,1-3H3/b7-6+. The van der Waals surface area contributed by atoms with Crippen molar-refractivity contribution in [1.29, 1.82) is 0 Å². The van der Waals surface area contributed by atoms with Gasteiger partial charge in [0.1, 0.15) is 0 Å². The van der Waals surface area contributed by atoms with Crippen LogP contribution in [0.1, 0.15) is 27.2 Å². The smallest absolute Gasteiger partial charge is 0.211 e. The minimum atomic E-state index is 0.785. The molecule has 0 aromatic heterocycles. The number of hydrogen-bond acceptors (Lipinski definition) is 2. The minimum Gasteiger partial charge on any atom is -0.211 e. The highest BCUT2D eigenvalue weighted by molar-refractivity contribution is 5.37. The number of nitrogens with zero attached hydrogens (tertiary/aromatic N) is 1. The summed E-state index contributed by atoms with van der Waals surface area (Å²) >= 11 is 0. The number of hydrogen-bond donors (Lipinski definition) is 0. The SMILES string of the molecule is CC/C(C)=C(\C)N=C=O. The quantitative estimate of drug-likeness (QED) is 0.410. The summed E-state index contributed by atoms with van der Waals surface area (Å²) in [5, 5.41) is 0. The molecule has 0 aromatic carbocycles. The molecule has 0 fully saturated rings. The maximum absolute atomic E-state index is 9.71. The molecule has 9 heavy (non-hydrogen) atoms. The van der Waals surface area contributed by atoms with Crippen molar-refractivity contribution in [3.8, 4) is 0 Å². The first-order valence-corrected chi connectivity index (χ1v) is 2.96. The molecule has 0 unspecified atom stereocenters. The predicted octanol–water partition coefficient (Wildman–Crippen LogP) is 2.03. The van der Waals surface area contributed by atoms with Gasteiger partial charge in [-0.25, -0.2) is 4.79 Å². The van der Waals surface area contributed by atoms with Gasteiger partial charge in [0.05, 0.1) is 0 Å². The van der Waals surface area contributed by atoms with Crippen LogP contribution in [0.25, 0.3) is 0 Å². The van der Waals surface area contributed by atoms with E-state index in [9.17, 15) is 4.79 Å². The fourth-order valence-electron chi connectivity index (χ4n) is 0.420. The van der Waals surface area contributed by atoms with Gasteiger partial charge in [0, 0.05) is 5.70 Å². The van der Waals surface area contributed by atoms with Crippen LogP contribution in [0.4, 0.5) is 0 Å². The van der Waals surface area contributed by atoms with Gasteiger partial charge in [-0.2, -0.15) is 4.99 Å². The zero-order valence-corrected chi connectivity index (χ0v) is 6.06. The molecule has 0 saturated carbocycles. The maximum Gasteiger partial charge on any atom is 0.240 e. The molecule has 0 heterocycles. The zero-order chi connectivity index (χ0) is 7.28. The number of carbonyl (C=O) groups excluding carboxylic acids is 1. The van der Waals surface area contributed by atoms with Crippen molar-refractivity contribution in [1.82, 2.24) is 0 Å². The highest BCUT2D eigenvalue weighted by Gasteiger charge is 1.89. The van der Waals surface area contributed by atoms with Crippen LogP contribution in [0.15, 0.2) is 16.3 Å². The fourth-order valence-corrected chi connectivity index (χ4v) is 0.420. The third kappa shape index (κ3) is 2.83. The van der Waals surface area contributed by atoms with Crippen molar-refractivity contribution in [3.63, 3.8) is 0 Å². The van der Waals surface area contributed by atoms with E-state index >= 15 is 0 Å². The summed E-state index contributed by atoms with van der Waals surface area (Å²) in [5.41, 5.74) is 1.92. The van der Waals surface area contributed by atoms with Gasteiger partial charge < -0.3 is 0 Å². The second-order valence-electron chi connectivity index (χ2n) is 1.92. The first-order chi connectivity index (χ1) is 4.22. The van der Waals surface area contributed by atoms with Gasteiger partial charge in [0.2, 0.25) is 6.08 Å². The third-order valence-electron chi connectivity index (χ3n) is 1.36. The Hall–Kier alpha value is -0.880. The average molecular weight is 125 g/mol. The zero-order valence-electron chi connectivity index (χ0n) is 6.06. The molecule has 0 rings (SSSR count). The van der Waals surface area contributed by atoms with E-state index in [1.54, 1.807) is 0 Å². The summed E-state index contributed by atoms with van der Waals surface area (Å²) in [5.74, 6) is 0. The van der Waals surface area contributed by atoms with Gasteiger partial charge in [-0.15, -0.1) is 0 Å². The molecule has 0 aromatic rings. The summed E-state index contributed by atoms with van der Waals surface area (Å²) in [7, 11) is 0. The lowest BCUT2D eigenvalue weighted by molar-refractivity contribution is 0.564. The Morgan fingerprint density at radius 2 is 2.11 bits per heavy atom. The average Bonchev–Trinajstić information content (AvgIpc) is 1.87. The summed E-state index contributed by atoms with van der Waals surface area (Å²) in [6, 6.07) is 0. The van der Waals surface area contributed by atoms with Crippen LogP contribution in [0.2, 0.25) is 0 Å². The Balaban J connectivity index is 4.27. The normalized spacial score (nSPS) is 11.9. The van der Waals surface area contributed by atoms with Crippen LogP contribution in [-0.2, 0) is 4.79 Å². The topological polar surface area (TPSA) is 29.4 Å². The molecule has 0 aliphatic rings. The van der Waals surface area contributed by atoms with E-state index in [2.05, 4.69) is 4.99 Å². The third-order valence-corrected chi connectivity index (χ3v) is 1.36. The molecule has 50 valence electrons. The highest BCUT2D eigenvalue weighted by atomic mass is 16.1. The first kappa shape index (κ1) is 8.12. The molecule has 0 amide bonds. The lowest BCUT2D eigenvalue weighted by Gasteiger charge is -1.94. The van der Waals surface area contributed by atoms with E-state index in [-0.39, 0.29) is 0 Å². The Morgan fingerprint density at radius 3 is 2.44 bits per heavy atom. The molecular weight excluding hydrogens is 114 g/mol. The summed E-state index contributed by atoms with van der Waals surface area (Å²) in [4.78, 5) is 13.2. The van der Waals surface area contributed by atoms with E-state index in [1.807, 2.05) is 20.8 Å². The Labute approximate surface area is 55.3 Å². The van der Waals surface area contributed by atoms with Gasteiger partial charge in [0.25, 0.3) is 0 Å². The van der Waals surface area contributed by atoms with E-state index in [1.165, 1.54) is 6.08 Å². The molecule has 2 heteroatoms. The van der Waals surface area contributed by atoms with Gasteiger partial charge in [-0.05, 0) is 20.3 Å². The molecule has 0 aliphatic carbocycles. The number of rotatable bonds is 2. The summed E-state index contributed by atoms with van der Waals surface area (Å²) in [6.07, 6.45) is 2.44. The van der Waals surface area contributed by atoms with Crippen molar-refractivity contribution in [3.05, 3.63) is 11.3 Å². The lowest BCUT2D eigenvalue weighted by atomic mass is 10.2. The highest BCUT2D eigenvalue weighted by Crippen LogP contribution is 2.06. The van der Waals surface area contributed by atoms with Crippen LogP contribution >= 0.6 is 0 Å². The van der Waals surface area contributed by atoms with E-state index < -0.39 is 0 Å². The van der Waals surface area contributed by atoms with Gasteiger partial charge >= 0.3 is 0 Å². The van der Waals surface area contributed by atoms with Crippen molar-refractivity contribution in [2.45, 2.75) is 27.2 Å². The van der Waals surface area contributed by atoms with Crippen molar-refractivity contribution in [2.75, 3.05) is 0 Å². The molecule has 0 aliphatic heterocycles. The van der Waals surface area contributed by atoms with Crippen molar-refractivity contribution < 1.29 is 4.79 Å². The maximum atomic E-state index is 9.71. The molecule has 0 atom stereocenters. The second-order valence-corrected chi connectivity index (χ2v) is 1.92. The molecule has 0 radical (unpaired) electrons. The van der Waals surface area contributed by atoms with Crippen molar-refractivity contribution >= 4 is 6.08 Å². The van der Waals surface area contributed by atoms with Gasteiger partial charge in [-0.1, -0.05) is 12.5 Å². The van der Waals surface area contributed by atoms with Gasteiger partial charge in [0.15, 0.2) is 0 Å². The second kappa shape index (κ2) is 4.04. The lowest BCUT2D eigenvalue weighted by Crippen LogP contribution is -1.76. The molecule has 2 nitrogen and oxygen atoms in total. The molecule has 0 bridgehead atoms. The fraction of sp³-hybridized carbons (Fsp3) is 0.571. The van der Waals surface area contributed by atoms with E-state index in [4.69, 9.17) is 0 Å².